The first-order chi connectivity index (χ1) is 4.70. The van der Waals surface area contributed by atoms with Gasteiger partial charge in [-0.25, -0.2) is 4.79 Å². The van der Waals surface area contributed by atoms with E-state index in [1.165, 1.54) is 0 Å². The highest BCUT2D eigenvalue weighted by Gasteiger charge is 2.07. The smallest absolute Gasteiger partial charge is 0.429 e. The molecule has 0 aromatic carbocycles. The Labute approximate surface area is 64.0 Å². The van der Waals surface area contributed by atoms with Crippen LogP contribution in [0.5, 0.6) is 0 Å². The largest absolute Gasteiger partial charge is 0.527 e. The molecule has 0 radical (unpaired) electrons. The van der Waals surface area contributed by atoms with Gasteiger partial charge in [0.1, 0.15) is 6.10 Å². The van der Waals surface area contributed by atoms with E-state index in [1.807, 2.05) is 6.26 Å². The average Bonchev–Trinajstić information content (AvgIpc) is 1.88. The van der Waals surface area contributed by atoms with Crippen LogP contribution in [0.1, 0.15) is 6.92 Å². The first-order valence-corrected chi connectivity index (χ1v) is 4.16. The minimum Gasteiger partial charge on any atom is -0.429 e. The minimum atomic E-state index is -0.832. The molecule has 1 atom stereocenters. The summed E-state index contributed by atoms with van der Waals surface area (Å²) < 4.78 is 4.63. The minimum absolute atomic E-state index is 0.147. The first kappa shape index (κ1) is 9.58. The van der Waals surface area contributed by atoms with Crippen molar-refractivity contribution in [1.82, 2.24) is 0 Å². The van der Waals surface area contributed by atoms with Crippen molar-refractivity contribution in [3.63, 3.8) is 0 Å². The lowest BCUT2D eigenvalue weighted by atomic mass is 10.5. The molecular weight excluding hydrogens is 154 g/mol. The third-order valence-corrected chi connectivity index (χ3v) is 1.60. The number of carbonyl (C=O) groups excluding carboxylic acids is 1. The third-order valence-electron chi connectivity index (χ3n) is 0.795. The molecular formula is C5H11NO3S. The Kier molecular flexibility index (Phi) is 5.15. The number of thioether (sulfide) groups is 1. The third kappa shape index (κ3) is 4.46. The predicted octanol–water partition coefficient (Wildman–Crippen LogP) is 0.765. The monoisotopic (exact) mass is 165 g/mol. The summed E-state index contributed by atoms with van der Waals surface area (Å²) in [4.78, 5) is 14.1. The molecule has 0 aliphatic carbocycles. The van der Waals surface area contributed by atoms with E-state index in [9.17, 15) is 4.79 Å². The second-order valence-electron chi connectivity index (χ2n) is 1.75. The summed E-state index contributed by atoms with van der Waals surface area (Å²) in [5.74, 6) is 5.28. The first-order valence-electron chi connectivity index (χ1n) is 2.77. The molecule has 0 amide bonds. The van der Waals surface area contributed by atoms with Crippen molar-refractivity contribution in [1.29, 1.82) is 0 Å². The normalized spacial score (nSPS) is 12.3. The summed E-state index contributed by atoms with van der Waals surface area (Å²) in [5, 5.41) is 0. The maximum absolute atomic E-state index is 10.3. The summed E-state index contributed by atoms with van der Waals surface area (Å²) >= 11 is 1.59. The second-order valence-corrected chi connectivity index (χ2v) is 2.66. The van der Waals surface area contributed by atoms with Gasteiger partial charge in [-0.05, 0) is 13.2 Å². The topological polar surface area (TPSA) is 61.5 Å². The molecule has 0 heterocycles. The van der Waals surface area contributed by atoms with Crippen LogP contribution in [-0.2, 0) is 9.57 Å². The number of hydrogen-bond donors (Lipinski definition) is 1. The Bertz CT molecular complexity index is 109. The zero-order valence-corrected chi connectivity index (χ0v) is 6.81. The highest BCUT2D eigenvalue weighted by atomic mass is 32.2. The van der Waals surface area contributed by atoms with Crippen LogP contribution in [0.3, 0.4) is 0 Å². The lowest BCUT2D eigenvalue weighted by Crippen LogP contribution is -2.20. The SMILES string of the molecule is CSCC(C)OC(=O)ON. The van der Waals surface area contributed by atoms with Gasteiger partial charge in [0, 0.05) is 5.75 Å². The van der Waals surface area contributed by atoms with Gasteiger partial charge in [-0.15, -0.1) is 0 Å². The molecule has 10 heavy (non-hydrogen) atoms. The lowest BCUT2D eigenvalue weighted by molar-refractivity contribution is 0.0356. The fourth-order valence-corrected chi connectivity index (χ4v) is 0.998. The molecule has 0 spiro atoms. The molecule has 0 aliphatic rings. The van der Waals surface area contributed by atoms with Gasteiger partial charge in [-0.3, -0.25) is 0 Å². The number of carbonyl (C=O) groups is 1. The molecule has 0 aromatic heterocycles. The quantitative estimate of drug-likeness (QED) is 0.494. The molecule has 0 aromatic rings. The van der Waals surface area contributed by atoms with E-state index >= 15 is 0 Å². The Morgan fingerprint density at radius 1 is 1.80 bits per heavy atom. The van der Waals surface area contributed by atoms with Crippen LogP contribution in [0.4, 0.5) is 4.79 Å². The maximum Gasteiger partial charge on any atom is 0.527 e. The van der Waals surface area contributed by atoms with Gasteiger partial charge < -0.3 is 9.57 Å². The summed E-state index contributed by atoms with van der Waals surface area (Å²) in [6.45, 7) is 1.77. The van der Waals surface area contributed by atoms with Crippen molar-refractivity contribution >= 4 is 17.9 Å². The van der Waals surface area contributed by atoms with Crippen LogP contribution in [0.25, 0.3) is 0 Å². The van der Waals surface area contributed by atoms with Crippen molar-refractivity contribution in [3.8, 4) is 0 Å². The van der Waals surface area contributed by atoms with Gasteiger partial charge in [-0.1, -0.05) is 0 Å². The average molecular weight is 165 g/mol. The Morgan fingerprint density at radius 3 is 2.80 bits per heavy atom. The highest BCUT2D eigenvalue weighted by Crippen LogP contribution is 2.00. The zero-order valence-electron chi connectivity index (χ0n) is 5.99. The number of rotatable bonds is 3. The molecule has 0 aliphatic heterocycles. The number of ether oxygens (including phenoxy) is 1. The van der Waals surface area contributed by atoms with Crippen molar-refractivity contribution in [2.24, 2.45) is 5.90 Å². The van der Waals surface area contributed by atoms with Gasteiger partial charge in [-0.2, -0.15) is 17.7 Å². The van der Waals surface area contributed by atoms with E-state index in [2.05, 4.69) is 15.5 Å². The van der Waals surface area contributed by atoms with Gasteiger partial charge in [0.2, 0.25) is 0 Å². The summed E-state index contributed by atoms with van der Waals surface area (Å²) in [6, 6.07) is 0. The number of nitrogens with two attached hydrogens (primary N) is 1. The second kappa shape index (κ2) is 5.37. The molecule has 0 rings (SSSR count). The Morgan fingerprint density at radius 2 is 2.40 bits per heavy atom. The van der Waals surface area contributed by atoms with Crippen molar-refractivity contribution in [2.45, 2.75) is 13.0 Å². The summed E-state index contributed by atoms with van der Waals surface area (Å²) in [5.41, 5.74) is 0. The van der Waals surface area contributed by atoms with Crippen LogP contribution in [0.2, 0.25) is 0 Å². The molecule has 60 valence electrons. The molecule has 0 saturated heterocycles. The van der Waals surface area contributed by atoms with Gasteiger partial charge in [0.15, 0.2) is 0 Å². The van der Waals surface area contributed by atoms with E-state index in [-0.39, 0.29) is 6.10 Å². The van der Waals surface area contributed by atoms with Gasteiger partial charge in [0.05, 0.1) is 0 Å². The van der Waals surface area contributed by atoms with E-state index < -0.39 is 6.16 Å². The highest BCUT2D eigenvalue weighted by molar-refractivity contribution is 7.98. The van der Waals surface area contributed by atoms with Gasteiger partial charge in [0.25, 0.3) is 0 Å². The van der Waals surface area contributed by atoms with Crippen LogP contribution < -0.4 is 5.90 Å². The molecule has 1 unspecified atom stereocenters. The molecule has 4 nitrogen and oxygen atoms in total. The van der Waals surface area contributed by atoms with Crippen LogP contribution in [0.15, 0.2) is 0 Å². The molecule has 0 saturated carbocycles. The Balaban J connectivity index is 3.37. The van der Waals surface area contributed by atoms with Crippen LogP contribution >= 0.6 is 11.8 Å². The molecule has 2 N–H and O–H groups in total. The zero-order chi connectivity index (χ0) is 7.98. The van der Waals surface area contributed by atoms with Crippen molar-refractivity contribution in [3.05, 3.63) is 0 Å². The number of hydrogen-bond acceptors (Lipinski definition) is 5. The fraction of sp³-hybridized carbons (Fsp3) is 0.800. The van der Waals surface area contributed by atoms with E-state index in [1.54, 1.807) is 18.7 Å². The van der Waals surface area contributed by atoms with Gasteiger partial charge >= 0.3 is 6.16 Å². The predicted molar refractivity (Wildman–Crippen MR) is 39.6 cm³/mol. The summed E-state index contributed by atoms with van der Waals surface area (Å²) in [6.07, 6.45) is 0.945. The molecule has 5 heteroatoms. The summed E-state index contributed by atoms with van der Waals surface area (Å²) in [7, 11) is 0. The molecule has 0 fully saturated rings. The van der Waals surface area contributed by atoms with Crippen molar-refractivity contribution in [2.75, 3.05) is 12.0 Å². The lowest BCUT2D eigenvalue weighted by Gasteiger charge is -2.08. The maximum atomic E-state index is 10.3. The van der Waals surface area contributed by atoms with E-state index in [4.69, 9.17) is 0 Å². The fourth-order valence-electron chi connectivity index (χ4n) is 0.461. The van der Waals surface area contributed by atoms with Crippen LogP contribution in [0, 0.1) is 0 Å². The van der Waals surface area contributed by atoms with Crippen molar-refractivity contribution < 1.29 is 14.4 Å². The van der Waals surface area contributed by atoms with E-state index in [0.717, 1.165) is 5.75 Å². The molecule has 0 bridgehead atoms. The Hall–Kier alpha value is -0.420. The standard InChI is InChI=1S/C5H11NO3S/c1-4(3-10-2)8-5(7)9-6/h4H,3,6H2,1-2H3. The van der Waals surface area contributed by atoms with Crippen LogP contribution in [-0.4, -0.2) is 24.3 Å². The van der Waals surface area contributed by atoms with E-state index in [0.29, 0.717) is 0 Å².